The number of hydrogen-bond acceptors (Lipinski definition) is 6. The van der Waals surface area contributed by atoms with Gasteiger partial charge in [-0.1, -0.05) is 40.7 Å². The summed E-state index contributed by atoms with van der Waals surface area (Å²) in [7, 11) is 0. The largest absolute Gasteiger partial charge is 0.356 e. The Balaban J connectivity index is 1.56. The molecule has 0 saturated heterocycles. The van der Waals surface area contributed by atoms with Crippen LogP contribution in [0.3, 0.4) is 0 Å². The van der Waals surface area contributed by atoms with Crippen LogP contribution >= 0.6 is 23.4 Å². The Bertz CT molecular complexity index is 1080. The number of aromatic nitrogens is 5. The highest BCUT2D eigenvalue weighted by molar-refractivity contribution is 7.99. The lowest BCUT2D eigenvalue weighted by Gasteiger charge is -2.10. The number of halogens is 1. The van der Waals surface area contributed by atoms with Crippen LogP contribution < -0.4 is 0 Å². The summed E-state index contributed by atoms with van der Waals surface area (Å²) in [6.07, 6.45) is 3.51. The van der Waals surface area contributed by atoms with Gasteiger partial charge in [0.05, 0.1) is 10.9 Å². The van der Waals surface area contributed by atoms with Crippen LogP contribution in [0.2, 0.25) is 5.02 Å². The Hall–Kier alpha value is -2.64. The molecule has 0 aliphatic heterocycles. The molecule has 4 aromatic rings. The third-order valence-corrected chi connectivity index (χ3v) is 5.65. The van der Waals surface area contributed by atoms with E-state index in [1.807, 2.05) is 42.5 Å². The van der Waals surface area contributed by atoms with Crippen LogP contribution in [0, 0.1) is 0 Å². The molecule has 0 radical (unpaired) electrons. The predicted molar refractivity (Wildman–Crippen MR) is 110 cm³/mol. The first-order valence-electron chi connectivity index (χ1n) is 8.88. The molecule has 3 heterocycles. The predicted octanol–water partition coefficient (Wildman–Crippen LogP) is 5.52. The zero-order valence-corrected chi connectivity index (χ0v) is 17.0. The first kappa shape index (κ1) is 18.7. The fourth-order valence-corrected chi connectivity index (χ4v) is 4.02. The van der Waals surface area contributed by atoms with Crippen molar-refractivity contribution in [3.05, 3.63) is 65.6 Å². The summed E-state index contributed by atoms with van der Waals surface area (Å²) in [5, 5.41) is 14.6. The molecule has 0 aliphatic rings. The van der Waals surface area contributed by atoms with E-state index in [1.165, 1.54) is 0 Å². The molecule has 0 aliphatic carbocycles. The molecule has 0 fully saturated rings. The summed E-state index contributed by atoms with van der Waals surface area (Å²) in [5.41, 5.74) is 2.74. The first-order chi connectivity index (χ1) is 13.7. The van der Waals surface area contributed by atoms with Gasteiger partial charge in [0, 0.05) is 41.2 Å². The van der Waals surface area contributed by atoms with Crippen molar-refractivity contribution in [1.29, 1.82) is 0 Å². The maximum Gasteiger partial charge on any atom is 0.192 e. The second-order valence-corrected chi connectivity index (χ2v) is 7.92. The van der Waals surface area contributed by atoms with Crippen molar-refractivity contribution in [2.75, 3.05) is 0 Å². The van der Waals surface area contributed by atoms with Crippen molar-refractivity contribution in [2.24, 2.45) is 0 Å². The molecule has 0 N–H and O–H groups in total. The highest BCUT2D eigenvalue weighted by atomic mass is 35.5. The summed E-state index contributed by atoms with van der Waals surface area (Å²) in [4.78, 5) is 4.06. The molecule has 0 saturated carbocycles. The average Bonchev–Trinajstić information content (AvgIpc) is 3.36. The van der Waals surface area contributed by atoms with Crippen LogP contribution in [0.4, 0.5) is 0 Å². The molecule has 0 bridgehead atoms. The maximum atomic E-state index is 6.07. The number of thioether (sulfide) groups is 1. The second-order valence-electron chi connectivity index (χ2n) is 6.17. The van der Waals surface area contributed by atoms with E-state index in [0.717, 1.165) is 34.3 Å². The van der Waals surface area contributed by atoms with Crippen molar-refractivity contribution in [1.82, 2.24) is 24.9 Å². The van der Waals surface area contributed by atoms with Gasteiger partial charge in [-0.2, -0.15) is 0 Å². The van der Waals surface area contributed by atoms with E-state index in [-0.39, 0.29) is 5.25 Å². The van der Waals surface area contributed by atoms with Gasteiger partial charge in [-0.3, -0.25) is 4.98 Å². The molecule has 6 nitrogen and oxygen atoms in total. The first-order valence-corrected chi connectivity index (χ1v) is 10.1. The van der Waals surface area contributed by atoms with Gasteiger partial charge < -0.3 is 9.09 Å². The summed E-state index contributed by atoms with van der Waals surface area (Å²) < 4.78 is 7.62. The molecule has 3 aromatic heterocycles. The summed E-state index contributed by atoms with van der Waals surface area (Å²) in [6, 6.07) is 13.3. The molecule has 8 heteroatoms. The fourth-order valence-electron chi connectivity index (χ4n) is 2.85. The SMILES string of the molecule is CCn1c(SC(C)c2cc(-c3cccc(Cl)c3)on2)nnc1-c1ccncc1. The van der Waals surface area contributed by atoms with Gasteiger partial charge in [0.1, 0.15) is 0 Å². The Kier molecular flexibility index (Phi) is 5.45. The summed E-state index contributed by atoms with van der Waals surface area (Å²) in [6.45, 7) is 4.92. The molecule has 1 aromatic carbocycles. The van der Waals surface area contributed by atoms with Crippen LogP contribution in [-0.4, -0.2) is 24.9 Å². The van der Waals surface area contributed by atoms with E-state index in [0.29, 0.717) is 10.8 Å². The van der Waals surface area contributed by atoms with Crippen molar-refractivity contribution in [3.63, 3.8) is 0 Å². The van der Waals surface area contributed by atoms with E-state index in [4.69, 9.17) is 16.1 Å². The standard InChI is InChI=1S/C20H18ClN5OS/c1-3-26-19(14-7-9-22-10-8-14)23-24-20(26)28-13(2)17-12-18(27-25-17)15-5-4-6-16(21)11-15/h4-13H,3H2,1-2H3. The van der Waals surface area contributed by atoms with Gasteiger partial charge in [0.25, 0.3) is 0 Å². The summed E-state index contributed by atoms with van der Waals surface area (Å²) in [5.74, 6) is 1.53. The minimum absolute atomic E-state index is 0.0523. The van der Waals surface area contributed by atoms with Gasteiger partial charge in [-0.25, -0.2) is 0 Å². The fraction of sp³-hybridized carbons (Fsp3) is 0.200. The molecule has 142 valence electrons. The normalized spacial score (nSPS) is 12.2. The minimum Gasteiger partial charge on any atom is -0.356 e. The van der Waals surface area contributed by atoms with E-state index in [1.54, 1.807) is 24.2 Å². The molecule has 4 rings (SSSR count). The molecular formula is C20H18ClN5OS. The topological polar surface area (TPSA) is 69.6 Å². The summed E-state index contributed by atoms with van der Waals surface area (Å²) >= 11 is 7.67. The zero-order valence-electron chi connectivity index (χ0n) is 15.4. The molecule has 1 unspecified atom stereocenters. The van der Waals surface area contributed by atoms with Crippen LogP contribution in [0.15, 0.2) is 64.5 Å². The van der Waals surface area contributed by atoms with Crippen molar-refractivity contribution >= 4 is 23.4 Å². The van der Waals surface area contributed by atoms with Crippen molar-refractivity contribution < 1.29 is 4.52 Å². The average molecular weight is 412 g/mol. The van der Waals surface area contributed by atoms with E-state index >= 15 is 0 Å². The Morgan fingerprint density at radius 2 is 1.93 bits per heavy atom. The van der Waals surface area contributed by atoms with E-state index in [2.05, 4.69) is 38.8 Å². The number of hydrogen-bond donors (Lipinski definition) is 0. The van der Waals surface area contributed by atoms with Crippen LogP contribution in [0.1, 0.15) is 24.8 Å². The van der Waals surface area contributed by atoms with Crippen LogP contribution in [0.5, 0.6) is 0 Å². The number of rotatable bonds is 6. The van der Waals surface area contributed by atoms with Gasteiger partial charge in [0.2, 0.25) is 0 Å². The lowest BCUT2D eigenvalue weighted by molar-refractivity contribution is 0.424. The molecular weight excluding hydrogens is 394 g/mol. The molecule has 0 amide bonds. The number of pyridine rings is 1. The number of nitrogens with zero attached hydrogens (tertiary/aromatic N) is 5. The Morgan fingerprint density at radius 3 is 2.68 bits per heavy atom. The van der Waals surface area contributed by atoms with Crippen molar-refractivity contribution in [2.45, 2.75) is 30.8 Å². The smallest absolute Gasteiger partial charge is 0.192 e. The monoisotopic (exact) mass is 411 g/mol. The van der Waals surface area contributed by atoms with Crippen LogP contribution in [0.25, 0.3) is 22.7 Å². The Morgan fingerprint density at radius 1 is 1.11 bits per heavy atom. The maximum absolute atomic E-state index is 6.07. The Labute approximate surface area is 172 Å². The molecule has 28 heavy (non-hydrogen) atoms. The molecule has 0 spiro atoms. The van der Waals surface area contributed by atoms with E-state index < -0.39 is 0 Å². The lowest BCUT2D eigenvalue weighted by Crippen LogP contribution is -2.01. The quantitative estimate of drug-likeness (QED) is 0.389. The second kappa shape index (κ2) is 8.16. The van der Waals surface area contributed by atoms with Gasteiger partial charge in [-0.05, 0) is 38.1 Å². The third kappa shape index (κ3) is 3.81. The lowest BCUT2D eigenvalue weighted by atomic mass is 10.1. The van der Waals surface area contributed by atoms with Crippen molar-refractivity contribution in [3.8, 4) is 22.7 Å². The number of benzene rings is 1. The minimum atomic E-state index is 0.0523. The third-order valence-electron chi connectivity index (χ3n) is 4.31. The van der Waals surface area contributed by atoms with Gasteiger partial charge >= 0.3 is 0 Å². The molecule has 1 atom stereocenters. The zero-order chi connectivity index (χ0) is 19.5. The van der Waals surface area contributed by atoms with Crippen LogP contribution in [-0.2, 0) is 6.54 Å². The highest BCUT2D eigenvalue weighted by Crippen LogP contribution is 2.36. The highest BCUT2D eigenvalue weighted by Gasteiger charge is 2.19. The van der Waals surface area contributed by atoms with E-state index in [9.17, 15) is 0 Å². The van der Waals surface area contributed by atoms with Gasteiger partial charge in [0.15, 0.2) is 16.7 Å². The van der Waals surface area contributed by atoms with Gasteiger partial charge in [-0.15, -0.1) is 10.2 Å².